The van der Waals surface area contributed by atoms with Crippen LogP contribution >= 0.6 is 23.6 Å². The molecule has 2 nitrogen and oxygen atoms in total. The number of H-pyrrole nitrogens is 1. The van der Waals surface area contributed by atoms with E-state index in [1.165, 1.54) is 0 Å². The van der Waals surface area contributed by atoms with Gasteiger partial charge in [-0.1, -0.05) is 12.2 Å². The Hall–Kier alpha value is -1.00. The Morgan fingerprint density at radius 3 is 3.17 bits per heavy atom. The number of hydrogen-bond acceptors (Lipinski definition) is 3. The van der Waals surface area contributed by atoms with Crippen molar-refractivity contribution in [1.82, 2.24) is 4.98 Å². The van der Waals surface area contributed by atoms with E-state index in [9.17, 15) is 4.79 Å². The minimum Gasteiger partial charge on any atom is -0.352 e. The number of pyridine rings is 1. The fraction of sp³-hybridized carbons (Fsp3) is 0. The van der Waals surface area contributed by atoms with Crippen molar-refractivity contribution in [1.29, 1.82) is 0 Å². The lowest BCUT2D eigenvalue weighted by Gasteiger charge is -1.92. The van der Waals surface area contributed by atoms with Crippen LogP contribution in [0.3, 0.4) is 0 Å². The number of rotatable bonds is 1. The monoisotopic (exact) mass is 195 g/mol. The largest absolute Gasteiger partial charge is 0.352 e. The van der Waals surface area contributed by atoms with E-state index in [-0.39, 0.29) is 0 Å². The van der Waals surface area contributed by atoms with E-state index >= 15 is 0 Å². The van der Waals surface area contributed by atoms with Crippen molar-refractivity contribution >= 4 is 40.1 Å². The van der Waals surface area contributed by atoms with Gasteiger partial charge in [0.25, 0.3) is 0 Å². The second-order valence-corrected chi connectivity index (χ2v) is 3.68. The van der Waals surface area contributed by atoms with E-state index in [0.29, 0.717) is 10.1 Å². The zero-order chi connectivity index (χ0) is 8.55. The summed E-state index contributed by atoms with van der Waals surface area (Å²) in [5.74, 6) is 0. The molecule has 1 N–H and O–H groups in total. The van der Waals surface area contributed by atoms with Gasteiger partial charge in [0.05, 0.1) is 4.51 Å². The lowest BCUT2D eigenvalue weighted by Crippen LogP contribution is -1.83. The fourth-order valence-corrected chi connectivity index (χ4v) is 2.16. The molecule has 0 aliphatic heterocycles. The number of aromatic nitrogens is 1. The molecule has 0 aliphatic rings. The molecule has 0 spiro atoms. The summed E-state index contributed by atoms with van der Waals surface area (Å²) in [5.41, 5.74) is 0.552. The summed E-state index contributed by atoms with van der Waals surface area (Å²) in [6.07, 6.45) is 2.42. The zero-order valence-electron chi connectivity index (χ0n) is 6.03. The Kier molecular flexibility index (Phi) is 1.78. The van der Waals surface area contributed by atoms with Gasteiger partial charge < -0.3 is 4.98 Å². The minimum atomic E-state index is 0.552. The lowest BCUT2D eigenvalue weighted by atomic mass is 10.2. The maximum absolute atomic E-state index is 10.5. The quantitative estimate of drug-likeness (QED) is 0.560. The summed E-state index contributed by atoms with van der Waals surface area (Å²) in [5, 5.41) is 2.91. The minimum absolute atomic E-state index is 0.552. The summed E-state index contributed by atoms with van der Waals surface area (Å²) in [6.45, 7) is 0. The van der Waals surface area contributed by atoms with Gasteiger partial charge in [0.1, 0.15) is 4.83 Å². The maximum Gasteiger partial charge on any atom is 0.152 e. The van der Waals surface area contributed by atoms with Crippen LogP contribution in [-0.4, -0.2) is 11.3 Å². The second-order valence-electron chi connectivity index (χ2n) is 2.35. The Labute approximate surface area is 77.9 Å². The van der Waals surface area contributed by atoms with Crippen LogP contribution in [-0.2, 0) is 0 Å². The number of carbonyl (C=O) groups is 1. The van der Waals surface area contributed by atoms with E-state index in [1.807, 2.05) is 11.4 Å². The van der Waals surface area contributed by atoms with Crippen molar-refractivity contribution in [2.75, 3.05) is 0 Å². The molecule has 0 aromatic carbocycles. The Morgan fingerprint density at radius 2 is 2.42 bits per heavy atom. The highest BCUT2D eigenvalue weighted by atomic mass is 32.1. The predicted octanol–water partition coefficient (Wildman–Crippen LogP) is 2.77. The van der Waals surface area contributed by atoms with Gasteiger partial charge in [-0.05, 0) is 11.4 Å². The Morgan fingerprint density at radius 1 is 1.58 bits per heavy atom. The van der Waals surface area contributed by atoms with E-state index in [4.69, 9.17) is 12.2 Å². The van der Waals surface area contributed by atoms with Crippen molar-refractivity contribution in [2.24, 2.45) is 0 Å². The van der Waals surface area contributed by atoms with Gasteiger partial charge in [-0.25, -0.2) is 0 Å². The van der Waals surface area contributed by atoms with Gasteiger partial charge in [0, 0.05) is 17.1 Å². The van der Waals surface area contributed by atoms with E-state index in [1.54, 1.807) is 17.5 Å². The lowest BCUT2D eigenvalue weighted by molar-refractivity contribution is 0.112. The van der Waals surface area contributed by atoms with E-state index in [2.05, 4.69) is 4.98 Å². The van der Waals surface area contributed by atoms with Crippen LogP contribution in [0.4, 0.5) is 0 Å². The molecule has 0 saturated carbocycles. The molecule has 12 heavy (non-hydrogen) atoms. The highest BCUT2D eigenvalue weighted by molar-refractivity contribution is 7.71. The third-order valence-corrected chi connectivity index (χ3v) is 2.96. The molecular weight excluding hydrogens is 190 g/mol. The molecule has 2 aromatic heterocycles. The fourth-order valence-electron chi connectivity index (χ4n) is 1.05. The van der Waals surface area contributed by atoms with Crippen molar-refractivity contribution in [2.45, 2.75) is 0 Å². The number of aromatic amines is 1. The normalized spacial score (nSPS) is 10.3. The van der Waals surface area contributed by atoms with Crippen LogP contribution in [0.25, 0.3) is 10.2 Å². The van der Waals surface area contributed by atoms with Crippen LogP contribution < -0.4 is 0 Å². The molecular formula is C8H5NOS2. The van der Waals surface area contributed by atoms with Gasteiger partial charge in [0.15, 0.2) is 6.29 Å². The first kappa shape index (κ1) is 7.64. The highest BCUT2D eigenvalue weighted by Gasteiger charge is 2.00. The maximum atomic E-state index is 10.5. The van der Waals surface area contributed by atoms with Crippen molar-refractivity contribution in [3.05, 3.63) is 27.7 Å². The second kappa shape index (κ2) is 2.80. The number of fused-ring (bicyclic) bond motifs is 1. The molecule has 0 aliphatic carbocycles. The van der Waals surface area contributed by atoms with Crippen LogP contribution in [0.2, 0.25) is 0 Å². The van der Waals surface area contributed by atoms with Gasteiger partial charge in [0.2, 0.25) is 0 Å². The average Bonchev–Trinajstić information content (AvgIpc) is 2.53. The number of hydrogen-bond donors (Lipinski definition) is 1. The van der Waals surface area contributed by atoms with Gasteiger partial charge in [-0.3, -0.25) is 4.79 Å². The summed E-state index contributed by atoms with van der Waals surface area (Å²) in [4.78, 5) is 14.5. The summed E-state index contributed by atoms with van der Waals surface area (Å²) in [7, 11) is 0. The SMILES string of the molecule is O=Cc1c[nH]c2sccc2c1=S. The van der Waals surface area contributed by atoms with Gasteiger partial charge >= 0.3 is 0 Å². The molecule has 0 saturated heterocycles. The smallest absolute Gasteiger partial charge is 0.152 e. The molecule has 0 fully saturated rings. The summed E-state index contributed by atoms with van der Waals surface area (Å²) < 4.78 is 0.639. The van der Waals surface area contributed by atoms with Crippen molar-refractivity contribution < 1.29 is 4.79 Å². The first-order valence-corrected chi connectivity index (χ1v) is 4.66. The third-order valence-electron chi connectivity index (χ3n) is 1.66. The molecule has 0 radical (unpaired) electrons. The predicted molar refractivity (Wildman–Crippen MR) is 52.4 cm³/mol. The van der Waals surface area contributed by atoms with Crippen molar-refractivity contribution in [3.63, 3.8) is 0 Å². The van der Waals surface area contributed by atoms with E-state index < -0.39 is 0 Å². The topological polar surface area (TPSA) is 32.9 Å². The zero-order valence-corrected chi connectivity index (χ0v) is 7.67. The van der Waals surface area contributed by atoms with E-state index in [0.717, 1.165) is 16.5 Å². The standard InChI is InChI=1S/C8H5NOS2/c10-4-5-3-9-8-6(7(5)11)1-2-12-8/h1-4H,(H,9,11). The number of thiophene rings is 1. The molecule has 2 rings (SSSR count). The molecule has 2 heterocycles. The molecule has 4 heteroatoms. The molecule has 60 valence electrons. The summed E-state index contributed by atoms with van der Waals surface area (Å²) >= 11 is 6.68. The van der Waals surface area contributed by atoms with Gasteiger partial charge in [-0.2, -0.15) is 0 Å². The number of carbonyl (C=O) groups excluding carboxylic acids is 1. The first-order chi connectivity index (χ1) is 5.83. The van der Waals surface area contributed by atoms with Crippen LogP contribution in [0.5, 0.6) is 0 Å². The number of aldehydes is 1. The Balaban J connectivity index is 2.96. The van der Waals surface area contributed by atoms with Crippen LogP contribution in [0.1, 0.15) is 10.4 Å². The molecule has 0 unspecified atom stereocenters. The average molecular weight is 195 g/mol. The molecule has 2 aromatic rings. The number of nitrogens with one attached hydrogen (secondary N) is 1. The Bertz CT molecular complexity index is 483. The highest BCUT2D eigenvalue weighted by Crippen LogP contribution is 2.20. The van der Waals surface area contributed by atoms with Crippen LogP contribution in [0, 0.1) is 4.51 Å². The first-order valence-electron chi connectivity index (χ1n) is 3.37. The molecule has 0 amide bonds. The summed E-state index contributed by atoms with van der Waals surface area (Å²) in [6, 6.07) is 1.92. The van der Waals surface area contributed by atoms with Gasteiger partial charge in [-0.15, -0.1) is 11.3 Å². The molecule has 0 bridgehead atoms. The molecule has 0 atom stereocenters. The van der Waals surface area contributed by atoms with Crippen LogP contribution in [0.15, 0.2) is 17.6 Å². The third kappa shape index (κ3) is 1.00. The van der Waals surface area contributed by atoms with Crippen molar-refractivity contribution in [3.8, 4) is 0 Å².